The van der Waals surface area contributed by atoms with E-state index in [0.717, 1.165) is 25.1 Å². The molecule has 1 rings (SSSR count). The minimum absolute atomic E-state index is 0.152. The van der Waals surface area contributed by atoms with Gasteiger partial charge >= 0.3 is 5.97 Å². The number of carbonyl (C=O) groups excluding carboxylic acids is 1. The summed E-state index contributed by atoms with van der Waals surface area (Å²) in [6.07, 6.45) is 3.14. The third kappa shape index (κ3) is 4.00. The van der Waals surface area contributed by atoms with E-state index in [0.29, 0.717) is 12.4 Å². The Bertz CT molecular complexity index is 347. The molecule has 0 bridgehead atoms. The fraction of sp³-hybridized carbons (Fsp3) is 0.727. The molecule has 0 unspecified atom stereocenters. The van der Waals surface area contributed by atoms with E-state index in [2.05, 4.69) is 17.0 Å². The second-order valence-electron chi connectivity index (χ2n) is 3.79. The van der Waals surface area contributed by atoms with Gasteiger partial charge in [-0.05, 0) is 20.3 Å². The molecule has 1 heterocycles. The van der Waals surface area contributed by atoms with Gasteiger partial charge in [0.25, 0.3) is 0 Å². The van der Waals surface area contributed by atoms with Gasteiger partial charge in [-0.3, -0.25) is 4.79 Å². The fourth-order valence-corrected chi connectivity index (χ4v) is 1.42. The van der Waals surface area contributed by atoms with Crippen LogP contribution in [0.4, 0.5) is 0 Å². The van der Waals surface area contributed by atoms with Crippen LogP contribution in [0.1, 0.15) is 37.8 Å². The van der Waals surface area contributed by atoms with Crippen LogP contribution in [0.3, 0.4) is 0 Å². The van der Waals surface area contributed by atoms with E-state index in [9.17, 15) is 4.79 Å². The molecule has 0 aliphatic rings. The summed E-state index contributed by atoms with van der Waals surface area (Å²) in [6.45, 7) is 6.39. The quantitative estimate of drug-likeness (QED) is 0.545. The first-order valence-electron chi connectivity index (χ1n) is 5.67. The maximum atomic E-state index is 11.4. The first-order valence-corrected chi connectivity index (χ1v) is 5.67. The number of rotatable bonds is 6. The van der Waals surface area contributed by atoms with Crippen LogP contribution in [0.15, 0.2) is 0 Å². The van der Waals surface area contributed by atoms with Crippen molar-refractivity contribution in [1.29, 1.82) is 0 Å². The van der Waals surface area contributed by atoms with Crippen molar-refractivity contribution >= 4 is 5.97 Å². The van der Waals surface area contributed by atoms with Gasteiger partial charge in [0.15, 0.2) is 0 Å². The first kappa shape index (κ1) is 12.7. The lowest BCUT2D eigenvalue weighted by atomic mass is 10.3. The zero-order valence-electron chi connectivity index (χ0n) is 10.2. The van der Waals surface area contributed by atoms with Crippen molar-refractivity contribution in [2.45, 2.75) is 46.6 Å². The van der Waals surface area contributed by atoms with Crippen molar-refractivity contribution in [3.05, 3.63) is 11.6 Å². The van der Waals surface area contributed by atoms with Crippen LogP contribution in [0.25, 0.3) is 0 Å². The highest BCUT2D eigenvalue weighted by Gasteiger charge is 2.08. The van der Waals surface area contributed by atoms with Crippen molar-refractivity contribution in [2.75, 3.05) is 6.61 Å². The highest BCUT2D eigenvalue weighted by molar-refractivity contribution is 5.69. The SMILES string of the molecule is CCCCCOC(=O)Cn1nc(C)nc1C. The van der Waals surface area contributed by atoms with E-state index in [4.69, 9.17) is 4.74 Å². The molecular formula is C11H19N3O2. The minimum Gasteiger partial charge on any atom is -0.464 e. The molecule has 0 radical (unpaired) electrons. The molecule has 16 heavy (non-hydrogen) atoms. The third-order valence-corrected chi connectivity index (χ3v) is 2.25. The second-order valence-corrected chi connectivity index (χ2v) is 3.79. The molecule has 0 saturated heterocycles. The van der Waals surface area contributed by atoms with Crippen LogP contribution in [0.5, 0.6) is 0 Å². The van der Waals surface area contributed by atoms with Gasteiger partial charge in [-0.15, -0.1) is 0 Å². The number of ether oxygens (including phenoxy) is 1. The largest absolute Gasteiger partial charge is 0.464 e. The van der Waals surface area contributed by atoms with Gasteiger partial charge in [0.1, 0.15) is 18.2 Å². The molecule has 0 aromatic carbocycles. The molecule has 0 aliphatic heterocycles. The fourth-order valence-electron chi connectivity index (χ4n) is 1.42. The smallest absolute Gasteiger partial charge is 0.327 e. The number of carbonyl (C=O) groups is 1. The van der Waals surface area contributed by atoms with Crippen LogP contribution >= 0.6 is 0 Å². The summed E-state index contributed by atoms with van der Waals surface area (Å²) in [5.74, 6) is 1.17. The zero-order valence-corrected chi connectivity index (χ0v) is 10.2. The van der Waals surface area contributed by atoms with E-state index >= 15 is 0 Å². The van der Waals surface area contributed by atoms with Crippen molar-refractivity contribution in [3.63, 3.8) is 0 Å². The predicted octanol–water partition coefficient (Wildman–Crippen LogP) is 1.63. The third-order valence-electron chi connectivity index (χ3n) is 2.25. The Balaban J connectivity index is 2.31. The Morgan fingerprint density at radius 1 is 1.38 bits per heavy atom. The van der Waals surface area contributed by atoms with Crippen LogP contribution in [-0.2, 0) is 16.1 Å². The number of aromatic nitrogens is 3. The number of nitrogens with zero attached hydrogens (tertiary/aromatic N) is 3. The number of esters is 1. The predicted molar refractivity (Wildman–Crippen MR) is 60.0 cm³/mol. The Morgan fingerprint density at radius 2 is 2.12 bits per heavy atom. The van der Waals surface area contributed by atoms with Crippen LogP contribution < -0.4 is 0 Å². The number of hydrogen-bond donors (Lipinski definition) is 0. The van der Waals surface area contributed by atoms with Gasteiger partial charge in [0, 0.05) is 0 Å². The Kier molecular flexibility index (Phi) is 4.95. The van der Waals surface area contributed by atoms with Gasteiger partial charge in [-0.2, -0.15) is 5.10 Å². The number of unbranched alkanes of at least 4 members (excludes halogenated alkanes) is 2. The van der Waals surface area contributed by atoms with Crippen molar-refractivity contribution in [2.24, 2.45) is 0 Å². The highest BCUT2D eigenvalue weighted by atomic mass is 16.5. The van der Waals surface area contributed by atoms with E-state index < -0.39 is 0 Å². The topological polar surface area (TPSA) is 57.0 Å². The molecule has 90 valence electrons. The Hall–Kier alpha value is -1.39. The lowest BCUT2D eigenvalue weighted by Crippen LogP contribution is -2.16. The number of hydrogen-bond acceptors (Lipinski definition) is 4. The Morgan fingerprint density at radius 3 is 2.69 bits per heavy atom. The molecule has 1 aromatic heterocycles. The first-order chi connectivity index (χ1) is 7.63. The average Bonchev–Trinajstić information content (AvgIpc) is 2.52. The second kappa shape index (κ2) is 6.25. The van der Waals surface area contributed by atoms with Crippen molar-refractivity contribution in [1.82, 2.24) is 14.8 Å². The Labute approximate surface area is 95.8 Å². The lowest BCUT2D eigenvalue weighted by molar-refractivity contribution is -0.144. The molecule has 0 spiro atoms. The summed E-state index contributed by atoms with van der Waals surface area (Å²) in [6, 6.07) is 0. The maximum Gasteiger partial charge on any atom is 0.327 e. The monoisotopic (exact) mass is 225 g/mol. The molecule has 5 nitrogen and oxygen atoms in total. The normalized spacial score (nSPS) is 10.4. The summed E-state index contributed by atoms with van der Waals surface area (Å²) in [5, 5.41) is 4.10. The van der Waals surface area contributed by atoms with Crippen LogP contribution in [0.2, 0.25) is 0 Å². The summed E-state index contributed by atoms with van der Waals surface area (Å²) in [5.41, 5.74) is 0. The van der Waals surface area contributed by atoms with Gasteiger partial charge in [-0.1, -0.05) is 19.8 Å². The van der Waals surface area contributed by atoms with Crippen molar-refractivity contribution in [3.8, 4) is 0 Å². The van der Waals surface area contributed by atoms with Gasteiger partial charge in [0.2, 0.25) is 0 Å². The molecule has 0 atom stereocenters. The van der Waals surface area contributed by atoms with Gasteiger partial charge < -0.3 is 4.74 Å². The highest BCUT2D eigenvalue weighted by Crippen LogP contribution is 1.98. The lowest BCUT2D eigenvalue weighted by Gasteiger charge is -2.04. The standard InChI is InChI=1S/C11H19N3O2/c1-4-5-6-7-16-11(15)8-14-10(3)12-9(2)13-14/h4-8H2,1-3H3. The summed E-state index contributed by atoms with van der Waals surface area (Å²) in [4.78, 5) is 15.5. The van der Waals surface area contributed by atoms with Crippen LogP contribution in [-0.4, -0.2) is 27.3 Å². The summed E-state index contributed by atoms with van der Waals surface area (Å²) in [7, 11) is 0. The molecule has 0 aliphatic carbocycles. The number of aryl methyl sites for hydroxylation is 2. The molecule has 0 amide bonds. The minimum atomic E-state index is -0.246. The molecule has 0 N–H and O–H groups in total. The molecule has 0 saturated carbocycles. The van der Waals surface area contributed by atoms with E-state index in [1.54, 1.807) is 11.6 Å². The van der Waals surface area contributed by atoms with Crippen molar-refractivity contribution < 1.29 is 9.53 Å². The maximum absolute atomic E-state index is 11.4. The van der Waals surface area contributed by atoms with E-state index in [1.165, 1.54) is 0 Å². The average molecular weight is 225 g/mol. The zero-order chi connectivity index (χ0) is 12.0. The van der Waals surface area contributed by atoms with E-state index in [-0.39, 0.29) is 12.5 Å². The van der Waals surface area contributed by atoms with Crippen LogP contribution in [0, 0.1) is 13.8 Å². The molecule has 0 fully saturated rings. The van der Waals surface area contributed by atoms with Gasteiger partial charge in [-0.25, -0.2) is 9.67 Å². The molecular weight excluding hydrogens is 206 g/mol. The molecule has 1 aromatic rings. The molecule has 5 heteroatoms. The summed E-state index contributed by atoms with van der Waals surface area (Å²) < 4.78 is 6.65. The summed E-state index contributed by atoms with van der Waals surface area (Å²) >= 11 is 0. The van der Waals surface area contributed by atoms with E-state index in [1.807, 2.05) is 6.92 Å². The van der Waals surface area contributed by atoms with Gasteiger partial charge in [0.05, 0.1) is 6.61 Å².